The summed E-state index contributed by atoms with van der Waals surface area (Å²) in [6, 6.07) is -0.193. The number of esters is 1. The minimum atomic E-state index is -0.392. The molecule has 1 fully saturated rings. The average Bonchev–Trinajstić information content (AvgIpc) is 3.17. The highest BCUT2D eigenvalue weighted by Gasteiger charge is 2.24. The van der Waals surface area contributed by atoms with Crippen LogP contribution in [-0.2, 0) is 9.53 Å². The molecule has 122 valence electrons. The molecule has 1 aromatic rings. The molecule has 1 aromatic heterocycles. The van der Waals surface area contributed by atoms with Crippen molar-refractivity contribution in [2.24, 2.45) is 11.8 Å². The SMILES string of the molecule is COC(=O)c1cnc([C@@H](C)NC(=O)[C@@H](C)CC2CCCC2)s1. The highest BCUT2D eigenvalue weighted by Crippen LogP contribution is 2.30. The number of hydrogen-bond acceptors (Lipinski definition) is 5. The van der Waals surface area contributed by atoms with Crippen LogP contribution in [0.5, 0.6) is 0 Å². The van der Waals surface area contributed by atoms with Gasteiger partial charge in [0.1, 0.15) is 9.88 Å². The van der Waals surface area contributed by atoms with Gasteiger partial charge in [-0.3, -0.25) is 4.79 Å². The average molecular weight is 324 g/mol. The number of aromatic nitrogens is 1. The molecule has 1 N–H and O–H groups in total. The van der Waals surface area contributed by atoms with Crippen LogP contribution in [0, 0.1) is 11.8 Å². The predicted octanol–water partition coefficient (Wildman–Crippen LogP) is 3.32. The van der Waals surface area contributed by atoms with Crippen LogP contribution in [-0.4, -0.2) is 24.0 Å². The molecule has 22 heavy (non-hydrogen) atoms. The minimum absolute atomic E-state index is 0.0191. The third-order valence-corrected chi connectivity index (χ3v) is 5.41. The Morgan fingerprint density at radius 2 is 2.09 bits per heavy atom. The Morgan fingerprint density at radius 3 is 2.73 bits per heavy atom. The molecular formula is C16H24N2O3S. The number of ether oxygens (including phenoxy) is 1. The fraction of sp³-hybridized carbons (Fsp3) is 0.688. The van der Waals surface area contributed by atoms with Crippen molar-refractivity contribution in [3.05, 3.63) is 16.1 Å². The van der Waals surface area contributed by atoms with Crippen molar-refractivity contribution < 1.29 is 14.3 Å². The maximum Gasteiger partial charge on any atom is 0.349 e. The normalized spacial score (nSPS) is 18.0. The second kappa shape index (κ2) is 7.72. The summed E-state index contributed by atoms with van der Waals surface area (Å²) < 4.78 is 4.67. The zero-order chi connectivity index (χ0) is 16.1. The van der Waals surface area contributed by atoms with Crippen LogP contribution >= 0.6 is 11.3 Å². The topological polar surface area (TPSA) is 68.3 Å². The Bertz CT molecular complexity index is 523. The van der Waals surface area contributed by atoms with Gasteiger partial charge in [0, 0.05) is 5.92 Å². The Hall–Kier alpha value is -1.43. The van der Waals surface area contributed by atoms with E-state index in [1.807, 2.05) is 13.8 Å². The van der Waals surface area contributed by atoms with Crippen molar-refractivity contribution >= 4 is 23.2 Å². The molecule has 0 aliphatic heterocycles. The molecule has 1 aliphatic rings. The van der Waals surface area contributed by atoms with Crippen molar-refractivity contribution in [2.45, 2.75) is 52.0 Å². The molecule has 5 nitrogen and oxygen atoms in total. The number of thiazole rings is 1. The van der Waals surface area contributed by atoms with Crippen molar-refractivity contribution in [3.63, 3.8) is 0 Å². The predicted molar refractivity (Wildman–Crippen MR) is 85.8 cm³/mol. The second-order valence-corrected chi connectivity index (χ2v) is 7.13. The van der Waals surface area contributed by atoms with E-state index in [1.54, 1.807) is 0 Å². The number of hydrogen-bond donors (Lipinski definition) is 1. The molecule has 0 unspecified atom stereocenters. The first-order valence-electron chi connectivity index (χ1n) is 7.85. The van der Waals surface area contributed by atoms with Crippen molar-refractivity contribution in [3.8, 4) is 0 Å². The summed E-state index contributed by atoms with van der Waals surface area (Å²) in [5.41, 5.74) is 0. The lowest BCUT2D eigenvalue weighted by molar-refractivity contribution is -0.125. The molecule has 1 heterocycles. The molecule has 0 bridgehead atoms. The fourth-order valence-electron chi connectivity index (χ4n) is 2.95. The number of carbonyl (C=O) groups is 2. The molecule has 1 amide bonds. The van der Waals surface area contributed by atoms with Gasteiger partial charge in [-0.1, -0.05) is 32.6 Å². The van der Waals surface area contributed by atoms with Gasteiger partial charge in [0.05, 0.1) is 19.3 Å². The summed E-state index contributed by atoms with van der Waals surface area (Å²) in [6.45, 7) is 3.88. The molecule has 0 saturated heterocycles. The van der Waals surface area contributed by atoms with Crippen LogP contribution in [0.3, 0.4) is 0 Å². The van der Waals surface area contributed by atoms with Gasteiger partial charge in [-0.15, -0.1) is 11.3 Å². The van der Waals surface area contributed by atoms with Crippen molar-refractivity contribution in [1.29, 1.82) is 0 Å². The third-order valence-electron chi connectivity index (χ3n) is 4.25. The molecule has 0 radical (unpaired) electrons. The van der Waals surface area contributed by atoms with E-state index in [0.29, 0.717) is 10.8 Å². The van der Waals surface area contributed by atoms with Crippen LogP contribution in [0.4, 0.5) is 0 Å². The van der Waals surface area contributed by atoms with Crippen molar-refractivity contribution in [2.75, 3.05) is 7.11 Å². The van der Waals surface area contributed by atoms with Gasteiger partial charge in [0.25, 0.3) is 0 Å². The first-order chi connectivity index (χ1) is 10.5. The largest absolute Gasteiger partial charge is 0.465 e. The summed E-state index contributed by atoms with van der Waals surface area (Å²) in [5, 5.41) is 3.72. The summed E-state index contributed by atoms with van der Waals surface area (Å²) in [5.74, 6) is 0.388. The van der Waals surface area contributed by atoms with Crippen LogP contribution in [0.25, 0.3) is 0 Å². The Morgan fingerprint density at radius 1 is 1.41 bits per heavy atom. The summed E-state index contributed by atoms with van der Waals surface area (Å²) in [6.07, 6.45) is 7.56. The number of nitrogens with zero attached hydrogens (tertiary/aromatic N) is 1. The van der Waals surface area contributed by atoms with Gasteiger partial charge in [0.2, 0.25) is 5.91 Å². The maximum atomic E-state index is 12.3. The van der Waals surface area contributed by atoms with Gasteiger partial charge < -0.3 is 10.1 Å². The second-order valence-electron chi connectivity index (χ2n) is 6.07. The van der Waals surface area contributed by atoms with Gasteiger partial charge in [-0.25, -0.2) is 9.78 Å². The van der Waals surface area contributed by atoms with E-state index < -0.39 is 5.97 Å². The first-order valence-corrected chi connectivity index (χ1v) is 8.67. The van der Waals surface area contributed by atoms with Gasteiger partial charge in [0.15, 0.2) is 0 Å². The van der Waals surface area contributed by atoms with E-state index in [0.717, 1.165) is 11.4 Å². The van der Waals surface area contributed by atoms with E-state index in [9.17, 15) is 9.59 Å². The van der Waals surface area contributed by atoms with Gasteiger partial charge >= 0.3 is 5.97 Å². The molecule has 0 spiro atoms. The molecule has 2 atom stereocenters. The number of carbonyl (C=O) groups excluding carboxylic acids is 2. The van der Waals surface area contributed by atoms with E-state index >= 15 is 0 Å². The summed E-state index contributed by atoms with van der Waals surface area (Å²) >= 11 is 1.26. The maximum absolute atomic E-state index is 12.3. The Balaban J connectivity index is 1.87. The van der Waals surface area contributed by atoms with Crippen LogP contribution in [0.15, 0.2) is 6.20 Å². The number of rotatable bonds is 6. The quantitative estimate of drug-likeness (QED) is 0.815. The van der Waals surface area contributed by atoms with Gasteiger partial charge in [-0.05, 0) is 19.3 Å². The molecule has 2 rings (SSSR count). The minimum Gasteiger partial charge on any atom is -0.465 e. The highest BCUT2D eigenvalue weighted by molar-refractivity contribution is 7.13. The highest BCUT2D eigenvalue weighted by atomic mass is 32.1. The fourth-order valence-corrected chi connectivity index (χ4v) is 3.79. The van der Waals surface area contributed by atoms with Gasteiger partial charge in [-0.2, -0.15) is 0 Å². The number of methoxy groups -OCH3 is 1. The van der Waals surface area contributed by atoms with E-state index in [2.05, 4.69) is 15.0 Å². The molecule has 1 aliphatic carbocycles. The van der Waals surface area contributed by atoms with Crippen molar-refractivity contribution in [1.82, 2.24) is 10.3 Å². The molecule has 6 heteroatoms. The van der Waals surface area contributed by atoms with Crippen LogP contribution in [0.1, 0.15) is 66.7 Å². The Labute approximate surface area is 135 Å². The standard InChI is InChI=1S/C16H24N2O3S/c1-10(8-12-6-4-5-7-12)14(19)18-11(2)15-17-9-13(22-15)16(20)21-3/h9-12H,4-8H2,1-3H3,(H,18,19)/t10-,11+/m0/s1. The van der Waals surface area contributed by atoms with E-state index in [4.69, 9.17) is 0 Å². The molecule has 1 saturated carbocycles. The lowest BCUT2D eigenvalue weighted by atomic mass is 9.94. The Kier molecular flexibility index (Phi) is 5.94. The van der Waals surface area contributed by atoms with E-state index in [1.165, 1.54) is 50.3 Å². The lowest BCUT2D eigenvalue weighted by Crippen LogP contribution is -2.32. The zero-order valence-corrected chi connectivity index (χ0v) is 14.2. The summed E-state index contributed by atoms with van der Waals surface area (Å²) in [4.78, 5) is 28.4. The third kappa shape index (κ3) is 4.29. The van der Waals surface area contributed by atoms with Crippen LogP contribution < -0.4 is 5.32 Å². The summed E-state index contributed by atoms with van der Waals surface area (Å²) in [7, 11) is 1.34. The zero-order valence-electron chi connectivity index (χ0n) is 13.4. The number of nitrogens with one attached hydrogen (secondary N) is 1. The smallest absolute Gasteiger partial charge is 0.349 e. The lowest BCUT2D eigenvalue weighted by Gasteiger charge is -2.18. The van der Waals surface area contributed by atoms with Crippen LogP contribution in [0.2, 0.25) is 0 Å². The molecular weight excluding hydrogens is 300 g/mol. The first kappa shape index (κ1) is 16.9. The van der Waals surface area contributed by atoms with E-state index in [-0.39, 0.29) is 17.9 Å². The molecule has 0 aromatic carbocycles. The monoisotopic (exact) mass is 324 g/mol. The number of amides is 1.